The second-order valence-corrected chi connectivity index (χ2v) is 5.90. The zero-order valence-electron chi connectivity index (χ0n) is 14.6. The Hall–Kier alpha value is -4.28. The van der Waals surface area contributed by atoms with Gasteiger partial charge in [-0.05, 0) is 34.9 Å². The van der Waals surface area contributed by atoms with Gasteiger partial charge in [-0.3, -0.25) is 0 Å². The van der Waals surface area contributed by atoms with Gasteiger partial charge in [0, 0.05) is 16.7 Å². The van der Waals surface area contributed by atoms with Crippen molar-refractivity contribution in [2.24, 2.45) is 0 Å². The van der Waals surface area contributed by atoms with Gasteiger partial charge >= 0.3 is 11.9 Å². The fourth-order valence-corrected chi connectivity index (χ4v) is 3.18. The van der Waals surface area contributed by atoms with Crippen LogP contribution in [0.3, 0.4) is 0 Å². The van der Waals surface area contributed by atoms with Gasteiger partial charge in [0.1, 0.15) is 0 Å². The second kappa shape index (κ2) is 7.53. The van der Waals surface area contributed by atoms with E-state index in [9.17, 15) is 19.8 Å². The Morgan fingerprint density at radius 3 is 1.75 bits per heavy atom. The van der Waals surface area contributed by atoms with E-state index in [4.69, 9.17) is 12.8 Å². The Morgan fingerprint density at radius 2 is 1.21 bits per heavy atom. The summed E-state index contributed by atoms with van der Waals surface area (Å²) in [7, 11) is 0. The van der Waals surface area contributed by atoms with Crippen LogP contribution in [0, 0.1) is 24.7 Å². The summed E-state index contributed by atoms with van der Waals surface area (Å²) in [5, 5.41) is 19.7. The third-order valence-electron chi connectivity index (χ3n) is 4.37. The van der Waals surface area contributed by atoms with Gasteiger partial charge in [-0.25, -0.2) is 9.59 Å². The first-order valence-corrected chi connectivity index (χ1v) is 8.25. The van der Waals surface area contributed by atoms with Crippen LogP contribution in [0.1, 0.15) is 31.8 Å². The summed E-state index contributed by atoms with van der Waals surface area (Å²) in [6.45, 7) is 0. The second-order valence-electron chi connectivity index (χ2n) is 5.90. The Kier molecular flexibility index (Phi) is 4.98. The molecule has 3 rings (SSSR count). The summed E-state index contributed by atoms with van der Waals surface area (Å²) in [4.78, 5) is 24.1. The molecule has 0 aliphatic heterocycles. The Labute approximate surface area is 162 Å². The summed E-state index contributed by atoms with van der Waals surface area (Å²) >= 11 is 0. The molecule has 3 aromatic carbocycles. The van der Waals surface area contributed by atoms with Gasteiger partial charge in [0.2, 0.25) is 0 Å². The normalized spacial score (nSPS) is 9.93. The van der Waals surface area contributed by atoms with Crippen molar-refractivity contribution in [3.8, 4) is 46.9 Å². The third-order valence-corrected chi connectivity index (χ3v) is 4.37. The first-order valence-electron chi connectivity index (χ1n) is 8.25. The number of carboxylic acids is 2. The van der Waals surface area contributed by atoms with Gasteiger partial charge < -0.3 is 10.2 Å². The molecule has 28 heavy (non-hydrogen) atoms. The number of benzene rings is 3. The molecule has 0 spiro atoms. The lowest BCUT2D eigenvalue weighted by Gasteiger charge is -2.17. The largest absolute Gasteiger partial charge is 0.478 e. The van der Waals surface area contributed by atoms with Crippen LogP contribution in [0.4, 0.5) is 0 Å². The maximum absolute atomic E-state index is 12.3. The van der Waals surface area contributed by atoms with Crippen LogP contribution in [0.5, 0.6) is 0 Å². The van der Waals surface area contributed by atoms with Crippen molar-refractivity contribution in [1.82, 2.24) is 0 Å². The quantitative estimate of drug-likeness (QED) is 0.672. The van der Waals surface area contributed by atoms with Crippen LogP contribution in [0.2, 0.25) is 0 Å². The number of rotatable bonds is 4. The maximum atomic E-state index is 12.3. The molecule has 0 radical (unpaired) electrons. The molecule has 0 fully saturated rings. The monoisotopic (exact) mass is 366 g/mol. The zero-order valence-corrected chi connectivity index (χ0v) is 14.6. The number of terminal acetylenes is 2. The van der Waals surface area contributed by atoms with Crippen molar-refractivity contribution in [2.45, 2.75) is 0 Å². The van der Waals surface area contributed by atoms with E-state index in [1.807, 2.05) is 0 Å². The Balaban J connectivity index is 2.51. The zero-order chi connectivity index (χ0) is 20.3. The van der Waals surface area contributed by atoms with E-state index >= 15 is 0 Å². The number of carbonyl (C=O) groups is 2. The standard InChI is InChI=1S/C24H14O4/c1-3-15-9-5-7-11-17(15)19-13-14-20(23(25)26)21(22(19)24(27)28)18-12-8-6-10-16(18)4-2/h1-2,5-14H,(H,25,26)(H,27,28). The minimum atomic E-state index is -1.27. The van der Waals surface area contributed by atoms with E-state index < -0.39 is 11.9 Å². The smallest absolute Gasteiger partial charge is 0.336 e. The SMILES string of the molecule is C#Cc1ccccc1-c1ccc(C(=O)O)c(-c2ccccc2C#C)c1C(=O)O. The predicted molar refractivity (Wildman–Crippen MR) is 107 cm³/mol. The maximum Gasteiger partial charge on any atom is 0.336 e. The van der Waals surface area contributed by atoms with Crippen LogP contribution in [0.15, 0.2) is 60.7 Å². The molecular weight excluding hydrogens is 352 g/mol. The molecule has 0 unspecified atom stereocenters. The highest BCUT2D eigenvalue weighted by Gasteiger charge is 2.26. The molecule has 134 valence electrons. The Morgan fingerprint density at radius 1 is 0.679 bits per heavy atom. The third kappa shape index (κ3) is 3.11. The van der Waals surface area contributed by atoms with Gasteiger partial charge in [0.15, 0.2) is 0 Å². The lowest BCUT2D eigenvalue weighted by molar-refractivity contribution is 0.0696. The van der Waals surface area contributed by atoms with Gasteiger partial charge in [-0.2, -0.15) is 0 Å². The topological polar surface area (TPSA) is 74.6 Å². The molecule has 0 saturated carbocycles. The first kappa shape index (κ1) is 18.5. The number of hydrogen-bond acceptors (Lipinski definition) is 2. The minimum absolute atomic E-state index is 0.0536. The van der Waals surface area contributed by atoms with E-state index in [2.05, 4.69) is 11.8 Å². The molecule has 0 bridgehead atoms. The minimum Gasteiger partial charge on any atom is -0.478 e. The van der Waals surface area contributed by atoms with E-state index in [1.54, 1.807) is 48.5 Å². The number of carboxylic acid groups (broad SMARTS) is 2. The molecular formula is C24H14O4. The lowest BCUT2D eigenvalue weighted by atomic mass is 9.85. The number of hydrogen-bond donors (Lipinski definition) is 2. The fraction of sp³-hybridized carbons (Fsp3) is 0. The summed E-state index contributed by atoms with van der Waals surface area (Å²) in [5.74, 6) is 2.51. The average Bonchev–Trinajstić information content (AvgIpc) is 2.72. The predicted octanol–water partition coefficient (Wildman–Crippen LogP) is 4.38. The Bertz CT molecular complexity index is 1190. The molecule has 0 atom stereocenters. The molecule has 0 amide bonds. The number of aromatic carboxylic acids is 2. The highest BCUT2D eigenvalue weighted by molar-refractivity contribution is 6.10. The highest BCUT2D eigenvalue weighted by atomic mass is 16.4. The van der Waals surface area contributed by atoms with E-state index in [0.717, 1.165) is 0 Å². The van der Waals surface area contributed by atoms with Crippen molar-refractivity contribution in [3.63, 3.8) is 0 Å². The molecule has 4 nitrogen and oxygen atoms in total. The van der Waals surface area contributed by atoms with Crippen molar-refractivity contribution >= 4 is 11.9 Å². The summed E-state index contributed by atoms with van der Waals surface area (Å²) < 4.78 is 0. The van der Waals surface area contributed by atoms with Gasteiger partial charge in [-0.1, -0.05) is 54.3 Å². The summed E-state index contributed by atoms with van der Waals surface area (Å²) in [6, 6.07) is 16.4. The van der Waals surface area contributed by atoms with Crippen LogP contribution < -0.4 is 0 Å². The van der Waals surface area contributed by atoms with Gasteiger partial charge in [-0.15, -0.1) is 12.8 Å². The molecule has 0 aromatic heterocycles. The summed E-state index contributed by atoms with van der Waals surface area (Å²) in [5.41, 5.74) is 1.86. The molecule has 4 heteroatoms. The van der Waals surface area contributed by atoms with Crippen LogP contribution >= 0.6 is 0 Å². The fourth-order valence-electron chi connectivity index (χ4n) is 3.18. The van der Waals surface area contributed by atoms with E-state index in [0.29, 0.717) is 27.8 Å². The van der Waals surface area contributed by atoms with Crippen molar-refractivity contribution in [3.05, 3.63) is 82.9 Å². The molecule has 2 N–H and O–H groups in total. The highest BCUT2D eigenvalue weighted by Crippen LogP contribution is 2.38. The van der Waals surface area contributed by atoms with E-state index in [-0.39, 0.29) is 16.7 Å². The van der Waals surface area contributed by atoms with Crippen LogP contribution in [0.25, 0.3) is 22.3 Å². The van der Waals surface area contributed by atoms with Crippen LogP contribution in [-0.2, 0) is 0 Å². The average molecular weight is 366 g/mol. The van der Waals surface area contributed by atoms with Gasteiger partial charge in [0.05, 0.1) is 11.1 Å². The molecule has 0 heterocycles. The molecule has 0 aliphatic carbocycles. The van der Waals surface area contributed by atoms with Gasteiger partial charge in [0.25, 0.3) is 0 Å². The van der Waals surface area contributed by atoms with Crippen LogP contribution in [-0.4, -0.2) is 22.2 Å². The van der Waals surface area contributed by atoms with Crippen molar-refractivity contribution < 1.29 is 19.8 Å². The molecule has 3 aromatic rings. The lowest BCUT2D eigenvalue weighted by Crippen LogP contribution is -2.10. The molecule has 0 saturated heterocycles. The summed E-state index contributed by atoms with van der Waals surface area (Å²) in [6.07, 6.45) is 11.1. The van der Waals surface area contributed by atoms with Crippen molar-refractivity contribution in [2.75, 3.05) is 0 Å². The van der Waals surface area contributed by atoms with Crippen molar-refractivity contribution in [1.29, 1.82) is 0 Å². The van der Waals surface area contributed by atoms with E-state index in [1.165, 1.54) is 12.1 Å². The molecule has 0 aliphatic rings. The first-order chi connectivity index (χ1) is 13.5.